The van der Waals surface area contributed by atoms with Crippen molar-refractivity contribution in [1.29, 1.82) is 5.26 Å². The van der Waals surface area contributed by atoms with Gasteiger partial charge in [-0.1, -0.05) is 37.1 Å². The first-order valence-electron chi connectivity index (χ1n) is 9.52. The molecule has 0 radical (unpaired) electrons. The number of amides is 1. The number of nitrogens with zero attached hydrogens (tertiary/aromatic N) is 3. The fourth-order valence-corrected chi connectivity index (χ4v) is 2.73. The lowest BCUT2D eigenvalue weighted by Gasteiger charge is -2.07. The second-order valence-electron chi connectivity index (χ2n) is 6.64. The summed E-state index contributed by atoms with van der Waals surface area (Å²) in [5, 5.41) is 19.9. The number of nitriles is 1. The highest BCUT2D eigenvalue weighted by molar-refractivity contribution is 6.31. The van der Waals surface area contributed by atoms with Crippen LogP contribution in [0, 0.1) is 11.3 Å². The maximum atomic E-state index is 12.4. The van der Waals surface area contributed by atoms with Crippen molar-refractivity contribution in [3.63, 3.8) is 0 Å². The van der Waals surface area contributed by atoms with Crippen LogP contribution in [-0.4, -0.2) is 21.8 Å². The quantitative estimate of drug-likeness (QED) is 0.332. The predicted octanol–water partition coefficient (Wildman–Crippen LogP) is 5.35. The van der Waals surface area contributed by atoms with Gasteiger partial charge in [0.15, 0.2) is 5.82 Å². The highest BCUT2D eigenvalue weighted by Gasteiger charge is 2.25. The number of rotatable bonds is 9. The number of halogens is 1. The molecular weight excluding hydrogens is 374 g/mol. The number of aliphatic imine (C=N–C) groups is 1. The molecule has 0 bridgehead atoms. The van der Waals surface area contributed by atoms with Gasteiger partial charge in [0.2, 0.25) is 5.91 Å². The summed E-state index contributed by atoms with van der Waals surface area (Å²) >= 11 is 6.05. The van der Waals surface area contributed by atoms with Gasteiger partial charge in [-0.3, -0.25) is 14.9 Å². The van der Waals surface area contributed by atoms with Crippen molar-refractivity contribution >= 4 is 29.0 Å². The Morgan fingerprint density at radius 3 is 2.79 bits per heavy atom. The van der Waals surface area contributed by atoms with Crippen LogP contribution in [0.25, 0.3) is 0 Å². The van der Waals surface area contributed by atoms with Gasteiger partial charge in [-0.05, 0) is 39.2 Å². The van der Waals surface area contributed by atoms with Crippen LogP contribution < -0.4 is 5.32 Å². The highest BCUT2D eigenvalue weighted by Crippen LogP contribution is 2.39. The lowest BCUT2D eigenvalue weighted by Crippen LogP contribution is -2.13. The molecule has 1 aromatic heterocycles. The van der Waals surface area contributed by atoms with Gasteiger partial charge in [-0.25, -0.2) is 0 Å². The molecule has 6 nitrogen and oxygen atoms in total. The molecule has 1 amide bonds. The fourth-order valence-electron chi connectivity index (χ4n) is 2.62. The largest absolute Gasteiger partial charge is 0.309 e. The van der Waals surface area contributed by atoms with Crippen LogP contribution in [0.1, 0.15) is 64.5 Å². The van der Waals surface area contributed by atoms with Crippen LogP contribution in [0.15, 0.2) is 45.6 Å². The van der Waals surface area contributed by atoms with Crippen LogP contribution in [0.4, 0.5) is 5.82 Å². The molecule has 0 saturated heterocycles. The number of nitrogens with one attached hydrogen (secondary N) is 2. The van der Waals surface area contributed by atoms with E-state index in [1.807, 2.05) is 19.9 Å². The van der Waals surface area contributed by atoms with Gasteiger partial charge in [-0.2, -0.15) is 10.4 Å². The molecule has 2 N–H and O–H groups in total. The average molecular weight is 400 g/mol. The summed E-state index contributed by atoms with van der Waals surface area (Å²) in [5.74, 6) is 0.874. The minimum Gasteiger partial charge on any atom is -0.309 e. The number of H-pyrrole nitrogens is 1. The maximum Gasteiger partial charge on any atom is 0.231 e. The van der Waals surface area contributed by atoms with Crippen LogP contribution >= 0.6 is 11.6 Å². The van der Waals surface area contributed by atoms with Gasteiger partial charge in [0.1, 0.15) is 6.07 Å². The van der Waals surface area contributed by atoms with E-state index in [-0.39, 0.29) is 12.3 Å². The monoisotopic (exact) mass is 399 g/mol. The molecule has 148 valence electrons. The third-order valence-electron chi connectivity index (χ3n) is 4.31. The number of aromatic nitrogens is 2. The lowest BCUT2D eigenvalue weighted by molar-refractivity contribution is -0.115. The Balaban J connectivity index is 2.10. The zero-order chi connectivity index (χ0) is 20.5. The lowest BCUT2D eigenvalue weighted by atomic mass is 10.1. The first kappa shape index (κ1) is 21.6. The highest BCUT2D eigenvalue weighted by atomic mass is 35.5. The number of allylic oxidation sites excluding steroid dienone is 5. The van der Waals surface area contributed by atoms with Crippen LogP contribution in [0.3, 0.4) is 0 Å². The molecule has 0 aliphatic heterocycles. The fraction of sp³-hybridized carbons (Fsp3) is 0.429. The topological polar surface area (TPSA) is 93.9 Å². The summed E-state index contributed by atoms with van der Waals surface area (Å²) in [4.78, 5) is 17.0. The van der Waals surface area contributed by atoms with Crippen molar-refractivity contribution in [3.05, 3.63) is 46.3 Å². The Morgan fingerprint density at radius 2 is 2.21 bits per heavy atom. The van der Waals surface area contributed by atoms with E-state index < -0.39 is 0 Å². The molecule has 1 fully saturated rings. The molecular formula is C21H26ClN5O. The van der Waals surface area contributed by atoms with Gasteiger partial charge in [0.25, 0.3) is 0 Å². The van der Waals surface area contributed by atoms with Crippen LogP contribution in [-0.2, 0) is 4.79 Å². The van der Waals surface area contributed by atoms with E-state index >= 15 is 0 Å². The average Bonchev–Trinajstić information content (AvgIpc) is 3.44. The first-order chi connectivity index (χ1) is 13.5. The van der Waals surface area contributed by atoms with Crippen molar-refractivity contribution < 1.29 is 4.79 Å². The van der Waals surface area contributed by atoms with Crippen molar-refractivity contribution in [3.8, 4) is 6.07 Å². The van der Waals surface area contributed by atoms with Crippen LogP contribution in [0.2, 0.25) is 0 Å². The molecule has 1 aliphatic rings. The Morgan fingerprint density at radius 1 is 1.46 bits per heavy atom. The van der Waals surface area contributed by atoms with E-state index in [0.29, 0.717) is 40.2 Å². The Kier molecular flexibility index (Phi) is 8.21. The standard InChI is InChI=1S/C21H26ClN5O/c1-4-7-18(15(13-23)10-16(22)5-2)24-17(6-3)11-21(28)25-20-12-19(26-27-20)14-8-9-14/h5-6,10,12,14H,4,7-9,11H2,1-3H3,(H2,25,26,27,28)/b15-10-,16-5+,17-6-,24-18-. The number of hydrogen-bond donors (Lipinski definition) is 2. The van der Waals surface area contributed by atoms with Crippen molar-refractivity contribution in [2.45, 2.75) is 58.8 Å². The van der Waals surface area contributed by atoms with Crippen molar-refractivity contribution in [1.82, 2.24) is 10.2 Å². The summed E-state index contributed by atoms with van der Waals surface area (Å²) < 4.78 is 0. The molecule has 1 saturated carbocycles. The molecule has 28 heavy (non-hydrogen) atoms. The molecule has 0 aromatic carbocycles. The van der Waals surface area contributed by atoms with Crippen molar-refractivity contribution in [2.75, 3.05) is 5.32 Å². The number of carbonyl (C=O) groups excluding carboxylic acids is 1. The molecule has 0 spiro atoms. The number of carbonyl (C=O) groups is 1. The van der Waals surface area contributed by atoms with E-state index in [2.05, 4.69) is 26.6 Å². The SMILES string of the molecule is C\C=C(CC(=O)Nc1cc(C2CC2)[nH]n1)/N=C(CCC)\C(C#N)=C/C(Cl)=C\C. The Bertz CT molecular complexity index is 866. The third kappa shape index (κ3) is 6.50. The van der Waals surface area contributed by atoms with E-state index in [4.69, 9.17) is 11.6 Å². The first-order valence-corrected chi connectivity index (χ1v) is 9.90. The smallest absolute Gasteiger partial charge is 0.231 e. The van der Waals surface area contributed by atoms with E-state index in [0.717, 1.165) is 12.1 Å². The second kappa shape index (κ2) is 10.6. The van der Waals surface area contributed by atoms with Gasteiger partial charge in [0.05, 0.1) is 17.7 Å². The molecule has 1 aromatic rings. The number of aromatic amines is 1. The van der Waals surface area contributed by atoms with Gasteiger partial charge in [0, 0.05) is 28.4 Å². The van der Waals surface area contributed by atoms with Crippen LogP contribution in [0.5, 0.6) is 0 Å². The van der Waals surface area contributed by atoms with E-state index in [1.165, 1.54) is 12.8 Å². The summed E-state index contributed by atoms with van der Waals surface area (Å²) in [6.07, 6.45) is 8.98. The molecule has 0 unspecified atom stereocenters. The second-order valence-corrected chi connectivity index (χ2v) is 7.08. The molecule has 0 atom stereocenters. The number of hydrogen-bond acceptors (Lipinski definition) is 4. The minimum atomic E-state index is -0.199. The molecule has 2 rings (SSSR count). The summed E-state index contributed by atoms with van der Waals surface area (Å²) in [7, 11) is 0. The van der Waals surface area contributed by atoms with Gasteiger partial charge >= 0.3 is 0 Å². The van der Waals surface area contributed by atoms with E-state index in [1.54, 1.807) is 25.2 Å². The zero-order valence-corrected chi connectivity index (χ0v) is 17.3. The van der Waals surface area contributed by atoms with Gasteiger partial charge in [-0.15, -0.1) is 0 Å². The Hall–Kier alpha value is -2.65. The predicted molar refractivity (Wildman–Crippen MR) is 113 cm³/mol. The van der Waals surface area contributed by atoms with Gasteiger partial charge < -0.3 is 5.32 Å². The van der Waals surface area contributed by atoms with Crippen molar-refractivity contribution in [2.24, 2.45) is 4.99 Å². The zero-order valence-electron chi connectivity index (χ0n) is 16.6. The molecule has 1 heterocycles. The Labute approximate surface area is 171 Å². The number of anilines is 1. The summed E-state index contributed by atoms with van der Waals surface area (Å²) in [6.45, 7) is 5.64. The molecule has 7 heteroatoms. The molecule has 1 aliphatic carbocycles. The summed E-state index contributed by atoms with van der Waals surface area (Å²) in [5.41, 5.74) is 2.69. The minimum absolute atomic E-state index is 0.103. The summed E-state index contributed by atoms with van der Waals surface area (Å²) in [6, 6.07) is 4.04. The van der Waals surface area contributed by atoms with E-state index in [9.17, 15) is 10.1 Å². The normalized spacial score (nSPS) is 16.1. The maximum absolute atomic E-state index is 12.4. The third-order valence-corrected chi connectivity index (χ3v) is 4.64.